The summed E-state index contributed by atoms with van der Waals surface area (Å²) < 4.78 is 21.2. The third-order valence-electron chi connectivity index (χ3n) is 7.25. The number of benzene rings is 2. The molecule has 2 amide bonds. The van der Waals surface area contributed by atoms with Crippen molar-refractivity contribution >= 4 is 23.2 Å². The van der Waals surface area contributed by atoms with E-state index >= 15 is 4.39 Å². The minimum atomic E-state index is -0.542. The molecule has 3 heterocycles. The molecule has 0 saturated carbocycles. The molecule has 0 radical (unpaired) electrons. The van der Waals surface area contributed by atoms with Crippen molar-refractivity contribution in [3.05, 3.63) is 58.9 Å². The van der Waals surface area contributed by atoms with Crippen LogP contribution in [-0.4, -0.2) is 56.1 Å². The van der Waals surface area contributed by atoms with E-state index in [9.17, 15) is 14.9 Å². The number of anilines is 2. The maximum Gasteiger partial charge on any atom is 0.232 e. The van der Waals surface area contributed by atoms with Crippen LogP contribution >= 0.6 is 0 Å². The lowest BCUT2D eigenvalue weighted by molar-refractivity contribution is -0.124. The van der Waals surface area contributed by atoms with E-state index in [4.69, 9.17) is 4.74 Å². The Morgan fingerprint density at radius 1 is 1.23 bits per heavy atom. The summed E-state index contributed by atoms with van der Waals surface area (Å²) in [6, 6.07) is 12.6. The van der Waals surface area contributed by atoms with Gasteiger partial charge < -0.3 is 14.5 Å². The molecule has 0 aliphatic carbocycles. The van der Waals surface area contributed by atoms with Crippen molar-refractivity contribution in [2.75, 3.05) is 49.2 Å². The SMILES string of the molecule is CC1(C)CN(C(=O)C2CC(=O)N(c3cccc(C#N)c3)C2)c2ccc(CN3CCOCC3)c(F)c21. The third-order valence-corrected chi connectivity index (χ3v) is 7.25. The van der Waals surface area contributed by atoms with Crippen molar-refractivity contribution in [3.8, 4) is 6.07 Å². The van der Waals surface area contributed by atoms with Gasteiger partial charge in [0.25, 0.3) is 0 Å². The van der Waals surface area contributed by atoms with Gasteiger partial charge in [0.05, 0.1) is 36.5 Å². The Morgan fingerprint density at radius 3 is 2.74 bits per heavy atom. The average molecular weight is 477 g/mol. The number of carbonyl (C=O) groups is 2. The molecule has 5 rings (SSSR count). The Kier molecular flexibility index (Phi) is 6.07. The fraction of sp³-hybridized carbons (Fsp3) is 0.444. The number of nitrogens with zero attached hydrogens (tertiary/aromatic N) is 4. The number of rotatable bonds is 4. The second-order valence-corrected chi connectivity index (χ2v) is 10.2. The second kappa shape index (κ2) is 9.06. The maximum absolute atomic E-state index is 15.8. The van der Waals surface area contributed by atoms with Gasteiger partial charge in [-0.2, -0.15) is 5.26 Å². The van der Waals surface area contributed by atoms with Gasteiger partial charge in [0.15, 0.2) is 0 Å². The summed E-state index contributed by atoms with van der Waals surface area (Å²) in [7, 11) is 0. The molecular weight excluding hydrogens is 447 g/mol. The van der Waals surface area contributed by atoms with Crippen LogP contribution in [0.1, 0.15) is 37.0 Å². The van der Waals surface area contributed by atoms with Crippen LogP contribution in [0.4, 0.5) is 15.8 Å². The normalized spacial score (nSPS) is 21.8. The lowest BCUT2D eigenvalue weighted by Gasteiger charge is -2.27. The van der Waals surface area contributed by atoms with E-state index in [2.05, 4.69) is 11.0 Å². The highest BCUT2D eigenvalue weighted by atomic mass is 19.1. The zero-order valence-electron chi connectivity index (χ0n) is 20.1. The van der Waals surface area contributed by atoms with E-state index in [1.54, 1.807) is 40.1 Å². The number of hydrogen-bond acceptors (Lipinski definition) is 5. The summed E-state index contributed by atoms with van der Waals surface area (Å²) >= 11 is 0. The minimum Gasteiger partial charge on any atom is -0.379 e. The van der Waals surface area contributed by atoms with E-state index in [1.165, 1.54) is 0 Å². The fourth-order valence-corrected chi connectivity index (χ4v) is 5.44. The van der Waals surface area contributed by atoms with E-state index in [-0.39, 0.29) is 30.6 Å². The molecule has 3 aliphatic heterocycles. The van der Waals surface area contributed by atoms with Crippen molar-refractivity contribution < 1.29 is 18.7 Å². The summed E-state index contributed by atoms with van der Waals surface area (Å²) in [5.74, 6) is -1.08. The standard InChI is InChI=1S/C27H29FN4O3/c1-27(2)17-32(22-7-6-19(25(28)24(22)27)15-30-8-10-35-11-9-30)26(34)20-13-23(33)31(16-20)21-5-3-4-18(12-21)14-29/h3-7,12,20H,8-11,13,15-17H2,1-2H3. The van der Waals surface area contributed by atoms with Gasteiger partial charge in [-0.1, -0.05) is 26.0 Å². The summed E-state index contributed by atoms with van der Waals surface area (Å²) in [6.07, 6.45) is 0.0967. The van der Waals surface area contributed by atoms with Crippen LogP contribution in [0.2, 0.25) is 0 Å². The van der Waals surface area contributed by atoms with Gasteiger partial charge in [-0.25, -0.2) is 4.39 Å². The van der Waals surface area contributed by atoms with Crippen LogP contribution in [0.25, 0.3) is 0 Å². The summed E-state index contributed by atoms with van der Waals surface area (Å²) in [5.41, 5.74) is 2.33. The predicted octanol–water partition coefficient (Wildman–Crippen LogP) is 3.21. The molecule has 8 heteroatoms. The Labute approximate surface area is 204 Å². The lowest BCUT2D eigenvalue weighted by Crippen LogP contribution is -2.39. The zero-order chi connectivity index (χ0) is 24.7. The average Bonchev–Trinajstić information content (AvgIpc) is 3.38. The lowest BCUT2D eigenvalue weighted by atomic mass is 9.85. The topological polar surface area (TPSA) is 76.9 Å². The van der Waals surface area contributed by atoms with Crippen LogP contribution in [0, 0.1) is 23.1 Å². The highest BCUT2D eigenvalue weighted by Gasteiger charge is 2.45. The van der Waals surface area contributed by atoms with Crippen LogP contribution in [-0.2, 0) is 26.3 Å². The van der Waals surface area contributed by atoms with Crippen molar-refractivity contribution in [2.24, 2.45) is 5.92 Å². The first-order chi connectivity index (χ1) is 16.8. The number of ether oxygens (including phenoxy) is 1. The molecular formula is C27H29FN4O3. The van der Waals surface area contributed by atoms with E-state index < -0.39 is 11.3 Å². The minimum absolute atomic E-state index is 0.0967. The van der Waals surface area contributed by atoms with Crippen LogP contribution in [0.15, 0.2) is 36.4 Å². The van der Waals surface area contributed by atoms with E-state index in [0.29, 0.717) is 54.4 Å². The molecule has 182 valence electrons. The van der Waals surface area contributed by atoms with Gasteiger partial charge in [0.1, 0.15) is 5.82 Å². The number of nitriles is 1. The Balaban J connectivity index is 1.38. The first-order valence-electron chi connectivity index (χ1n) is 12.0. The summed E-state index contributed by atoms with van der Waals surface area (Å²) in [6.45, 7) is 7.89. The highest BCUT2D eigenvalue weighted by molar-refractivity contribution is 6.05. The van der Waals surface area contributed by atoms with Crippen molar-refractivity contribution in [1.29, 1.82) is 5.26 Å². The number of hydrogen-bond donors (Lipinski definition) is 0. The molecule has 1 unspecified atom stereocenters. The molecule has 0 spiro atoms. The van der Waals surface area contributed by atoms with E-state index in [1.807, 2.05) is 19.9 Å². The molecule has 0 bridgehead atoms. The first kappa shape index (κ1) is 23.5. The second-order valence-electron chi connectivity index (χ2n) is 10.2. The third kappa shape index (κ3) is 4.30. The van der Waals surface area contributed by atoms with Crippen LogP contribution < -0.4 is 9.80 Å². The molecule has 1 atom stereocenters. The largest absolute Gasteiger partial charge is 0.379 e. The number of fused-ring (bicyclic) bond motifs is 1. The van der Waals surface area contributed by atoms with Gasteiger partial charge in [0, 0.05) is 61.4 Å². The summed E-state index contributed by atoms with van der Waals surface area (Å²) in [4.78, 5) is 31.8. The fourth-order valence-electron chi connectivity index (χ4n) is 5.44. The maximum atomic E-state index is 15.8. The number of amides is 2. The Bertz CT molecular complexity index is 1220. The highest BCUT2D eigenvalue weighted by Crippen LogP contribution is 2.44. The molecule has 2 aromatic carbocycles. The molecule has 2 aromatic rings. The molecule has 0 aromatic heterocycles. The van der Waals surface area contributed by atoms with Gasteiger partial charge in [-0.3, -0.25) is 14.5 Å². The van der Waals surface area contributed by atoms with Gasteiger partial charge >= 0.3 is 0 Å². The molecule has 2 fully saturated rings. The monoisotopic (exact) mass is 476 g/mol. The van der Waals surface area contributed by atoms with Crippen molar-refractivity contribution in [2.45, 2.75) is 32.2 Å². The first-order valence-corrected chi connectivity index (χ1v) is 12.0. The van der Waals surface area contributed by atoms with Gasteiger partial charge in [-0.05, 0) is 24.3 Å². The van der Waals surface area contributed by atoms with Gasteiger partial charge in [0.2, 0.25) is 11.8 Å². The zero-order valence-corrected chi connectivity index (χ0v) is 20.1. The number of halogens is 1. The number of morpholine rings is 1. The predicted molar refractivity (Wildman–Crippen MR) is 129 cm³/mol. The molecule has 2 saturated heterocycles. The quantitative estimate of drug-likeness (QED) is 0.677. The molecule has 0 N–H and O–H groups in total. The van der Waals surface area contributed by atoms with Gasteiger partial charge in [-0.15, -0.1) is 0 Å². The van der Waals surface area contributed by atoms with Crippen molar-refractivity contribution in [1.82, 2.24) is 4.90 Å². The Hall–Kier alpha value is -3.28. The smallest absolute Gasteiger partial charge is 0.232 e. The van der Waals surface area contributed by atoms with Crippen LogP contribution in [0.3, 0.4) is 0 Å². The Morgan fingerprint density at radius 2 is 2.00 bits per heavy atom. The molecule has 35 heavy (non-hydrogen) atoms. The summed E-state index contributed by atoms with van der Waals surface area (Å²) in [5, 5.41) is 9.18. The van der Waals surface area contributed by atoms with E-state index in [0.717, 1.165) is 13.1 Å². The molecule has 7 nitrogen and oxygen atoms in total. The van der Waals surface area contributed by atoms with Crippen molar-refractivity contribution in [3.63, 3.8) is 0 Å². The number of carbonyl (C=O) groups excluding carboxylic acids is 2. The molecule has 3 aliphatic rings. The van der Waals surface area contributed by atoms with Crippen LogP contribution in [0.5, 0.6) is 0 Å².